The molecule has 4 nitrogen and oxygen atoms in total. The molecule has 1 atom stereocenters. The van der Waals surface area contributed by atoms with Gasteiger partial charge in [0.15, 0.2) is 11.5 Å². The molecule has 0 aliphatic carbocycles. The van der Waals surface area contributed by atoms with Gasteiger partial charge in [-0.15, -0.1) is 24.8 Å². The molecule has 0 radical (unpaired) electrons. The highest BCUT2D eigenvalue weighted by Gasteiger charge is 2.33. The van der Waals surface area contributed by atoms with E-state index in [9.17, 15) is 4.39 Å². The lowest BCUT2D eigenvalue weighted by Gasteiger charge is -2.45. The number of hydrogen-bond acceptors (Lipinski definition) is 4. The molecule has 0 amide bonds. The van der Waals surface area contributed by atoms with E-state index in [-0.39, 0.29) is 37.2 Å². The van der Waals surface area contributed by atoms with Gasteiger partial charge in [0.1, 0.15) is 12.4 Å². The summed E-state index contributed by atoms with van der Waals surface area (Å²) in [5.41, 5.74) is 1.49. The van der Waals surface area contributed by atoms with E-state index in [1.54, 1.807) is 19.2 Å². The van der Waals surface area contributed by atoms with Gasteiger partial charge < -0.3 is 19.7 Å². The second-order valence-electron chi connectivity index (χ2n) is 7.60. The van der Waals surface area contributed by atoms with Crippen LogP contribution in [-0.2, 0) is 13.2 Å². The van der Waals surface area contributed by atoms with Crippen LogP contribution in [0.25, 0.3) is 0 Å². The number of rotatable bonds is 7. The van der Waals surface area contributed by atoms with E-state index in [0.29, 0.717) is 28.1 Å². The lowest BCUT2D eigenvalue weighted by atomic mass is 9.84. The maximum atomic E-state index is 13.9. The van der Waals surface area contributed by atoms with E-state index in [1.807, 2.05) is 18.2 Å². The minimum Gasteiger partial charge on any atom is -0.493 e. The summed E-state index contributed by atoms with van der Waals surface area (Å²) in [5.74, 6) is 1.64. The van der Waals surface area contributed by atoms with Gasteiger partial charge in [-0.25, -0.2) is 4.39 Å². The highest BCUT2D eigenvalue weighted by Crippen LogP contribution is 2.31. The number of hydrogen-bond donors (Lipinski definition) is 1. The Kier molecular flexibility index (Phi) is 9.51. The van der Waals surface area contributed by atoms with Crippen LogP contribution in [0, 0.1) is 11.7 Å². The first kappa shape index (κ1) is 25.0. The molecule has 5 rings (SSSR count). The predicted molar refractivity (Wildman–Crippen MR) is 123 cm³/mol. The van der Waals surface area contributed by atoms with Gasteiger partial charge in [-0.05, 0) is 61.7 Å². The van der Waals surface area contributed by atoms with Gasteiger partial charge in [-0.1, -0.05) is 23.7 Å². The lowest BCUT2D eigenvalue weighted by molar-refractivity contribution is 0.0720. The van der Waals surface area contributed by atoms with Crippen molar-refractivity contribution >= 4 is 36.4 Å². The van der Waals surface area contributed by atoms with Crippen molar-refractivity contribution in [1.29, 1.82) is 0 Å². The Hall–Kier alpha value is -1.24. The fourth-order valence-corrected chi connectivity index (χ4v) is 4.42. The van der Waals surface area contributed by atoms with E-state index in [2.05, 4.69) is 10.2 Å². The molecule has 2 bridgehead atoms. The van der Waals surface area contributed by atoms with Crippen LogP contribution in [0.3, 0.4) is 0 Å². The third kappa shape index (κ3) is 5.71. The van der Waals surface area contributed by atoms with E-state index in [1.165, 1.54) is 32.0 Å². The number of halogens is 4. The van der Waals surface area contributed by atoms with Crippen LogP contribution in [0.4, 0.5) is 4.39 Å². The first-order valence-corrected chi connectivity index (χ1v) is 10.2. The van der Waals surface area contributed by atoms with Crippen molar-refractivity contribution in [3.8, 4) is 11.5 Å². The Balaban J connectivity index is 0.00000160. The number of benzene rings is 2. The first-order valence-electron chi connectivity index (χ1n) is 9.82. The fraction of sp³-hybridized carbons (Fsp3) is 0.455. The van der Waals surface area contributed by atoms with Gasteiger partial charge in [0.25, 0.3) is 0 Å². The number of piperidine rings is 3. The zero-order valence-corrected chi connectivity index (χ0v) is 19.3. The van der Waals surface area contributed by atoms with Crippen molar-refractivity contribution in [2.75, 3.05) is 26.7 Å². The monoisotopic (exact) mass is 476 g/mol. The fourth-order valence-electron chi connectivity index (χ4n) is 4.21. The number of methoxy groups -OCH3 is 1. The molecule has 166 valence electrons. The van der Waals surface area contributed by atoms with Crippen molar-refractivity contribution in [1.82, 2.24) is 10.2 Å². The van der Waals surface area contributed by atoms with Crippen molar-refractivity contribution < 1.29 is 13.9 Å². The van der Waals surface area contributed by atoms with Crippen molar-refractivity contribution in [2.45, 2.75) is 32.0 Å². The van der Waals surface area contributed by atoms with Crippen LogP contribution in [0.15, 0.2) is 36.4 Å². The van der Waals surface area contributed by atoms with Crippen molar-refractivity contribution in [2.24, 2.45) is 5.92 Å². The molecule has 3 saturated heterocycles. The minimum absolute atomic E-state index is 0. The van der Waals surface area contributed by atoms with Crippen LogP contribution < -0.4 is 14.8 Å². The molecule has 3 fully saturated rings. The van der Waals surface area contributed by atoms with E-state index >= 15 is 0 Å². The van der Waals surface area contributed by atoms with Crippen molar-refractivity contribution in [3.05, 3.63) is 58.4 Å². The van der Waals surface area contributed by atoms with Gasteiger partial charge in [-0.3, -0.25) is 0 Å². The van der Waals surface area contributed by atoms with Gasteiger partial charge in [-0.2, -0.15) is 0 Å². The van der Waals surface area contributed by atoms with Crippen LogP contribution in [0.1, 0.15) is 24.0 Å². The summed E-state index contributed by atoms with van der Waals surface area (Å²) < 4.78 is 25.2. The third-order valence-electron chi connectivity index (χ3n) is 5.89. The smallest absolute Gasteiger partial charge is 0.161 e. The summed E-state index contributed by atoms with van der Waals surface area (Å²) >= 11 is 6.07. The molecule has 8 heteroatoms. The Labute approximate surface area is 194 Å². The van der Waals surface area contributed by atoms with Crippen LogP contribution >= 0.6 is 36.4 Å². The second kappa shape index (κ2) is 11.4. The molecule has 1 N–H and O–H groups in total. The summed E-state index contributed by atoms with van der Waals surface area (Å²) in [5, 5.41) is 4.07. The number of ether oxygens (including phenoxy) is 2. The molecule has 3 heterocycles. The third-order valence-corrected chi connectivity index (χ3v) is 6.24. The van der Waals surface area contributed by atoms with Crippen LogP contribution in [0.5, 0.6) is 11.5 Å². The van der Waals surface area contributed by atoms with E-state index in [4.69, 9.17) is 21.1 Å². The van der Waals surface area contributed by atoms with Crippen LogP contribution in [0.2, 0.25) is 5.02 Å². The quantitative estimate of drug-likeness (QED) is 0.602. The maximum absolute atomic E-state index is 13.9. The highest BCUT2D eigenvalue weighted by atomic mass is 35.5. The Morgan fingerprint density at radius 1 is 1.13 bits per heavy atom. The molecule has 1 unspecified atom stereocenters. The number of nitrogens with zero attached hydrogens (tertiary/aromatic N) is 1. The zero-order chi connectivity index (χ0) is 19.5. The average Bonchev–Trinajstić information content (AvgIpc) is 2.73. The molecule has 0 spiro atoms. The topological polar surface area (TPSA) is 33.7 Å². The normalized spacial score (nSPS) is 22.0. The van der Waals surface area contributed by atoms with E-state index < -0.39 is 0 Å². The molecule has 2 aromatic rings. The maximum Gasteiger partial charge on any atom is 0.161 e. The average molecular weight is 478 g/mol. The van der Waals surface area contributed by atoms with E-state index in [0.717, 1.165) is 24.6 Å². The van der Waals surface area contributed by atoms with Gasteiger partial charge >= 0.3 is 0 Å². The number of fused-ring (bicyclic) bond motifs is 3. The molecule has 3 aliphatic heterocycles. The summed E-state index contributed by atoms with van der Waals surface area (Å²) in [7, 11) is 1.61. The summed E-state index contributed by atoms with van der Waals surface area (Å²) in [4.78, 5) is 2.54. The predicted octanol–water partition coefficient (Wildman–Crippen LogP) is 5.09. The standard InChI is InChI=1S/C22H26ClFN2O2.2ClH/c1-27-22-11-15(12-25-20-13-26-9-7-16(20)8-10-26)5-6-21(22)28-14-17-18(23)3-2-4-19(17)24;;/h2-6,11,16,20,25H,7-10,12-14H2,1H3;2*1H. The SMILES string of the molecule is COc1cc(CNC2CN3CCC2CC3)ccc1OCc1c(F)cccc1Cl.Cl.Cl. The molecule has 0 saturated carbocycles. The molecular formula is C22H28Cl3FN2O2. The highest BCUT2D eigenvalue weighted by molar-refractivity contribution is 6.31. The zero-order valence-electron chi connectivity index (χ0n) is 16.9. The molecule has 0 aromatic heterocycles. The molecule has 2 aromatic carbocycles. The molecular weight excluding hydrogens is 450 g/mol. The summed E-state index contributed by atoms with van der Waals surface area (Å²) in [6, 6.07) is 11.1. The Morgan fingerprint density at radius 3 is 2.53 bits per heavy atom. The lowest BCUT2D eigenvalue weighted by Crippen LogP contribution is -2.55. The van der Waals surface area contributed by atoms with Gasteiger partial charge in [0, 0.05) is 24.7 Å². The van der Waals surface area contributed by atoms with Crippen molar-refractivity contribution in [3.63, 3.8) is 0 Å². The minimum atomic E-state index is -0.371. The molecule has 30 heavy (non-hydrogen) atoms. The summed E-state index contributed by atoms with van der Waals surface area (Å²) in [6.07, 6.45) is 2.60. The Bertz CT molecular complexity index is 812. The van der Waals surface area contributed by atoms with Gasteiger partial charge in [0.2, 0.25) is 0 Å². The first-order chi connectivity index (χ1) is 13.6. The second-order valence-corrected chi connectivity index (χ2v) is 8.01. The molecule has 3 aliphatic rings. The largest absolute Gasteiger partial charge is 0.493 e. The van der Waals surface area contributed by atoms with Gasteiger partial charge in [0.05, 0.1) is 12.1 Å². The van der Waals surface area contributed by atoms with Crippen LogP contribution in [-0.4, -0.2) is 37.7 Å². The summed E-state index contributed by atoms with van der Waals surface area (Å²) in [6.45, 7) is 4.49. The number of nitrogens with one attached hydrogen (secondary N) is 1. The Morgan fingerprint density at radius 2 is 1.90 bits per heavy atom.